The lowest BCUT2D eigenvalue weighted by atomic mass is 10.1. The number of amides is 3. The van der Waals surface area contributed by atoms with Crippen molar-refractivity contribution in [3.63, 3.8) is 0 Å². The Morgan fingerprint density at radius 2 is 1.90 bits per heavy atom. The number of urea groups is 1. The van der Waals surface area contributed by atoms with Crippen LogP contribution in [0.15, 0.2) is 58.5 Å². The molecule has 0 fully saturated rings. The van der Waals surface area contributed by atoms with Gasteiger partial charge in [-0.25, -0.2) is 14.7 Å². The van der Waals surface area contributed by atoms with Gasteiger partial charge in [0.1, 0.15) is 0 Å². The molecule has 0 aliphatic carbocycles. The van der Waals surface area contributed by atoms with E-state index in [1.54, 1.807) is 13.0 Å². The van der Waals surface area contributed by atoms with Crippen molar-refractivity contribution in [3.05, 3.63) is 75.7 Å². The molecule has 31 heavy (non-hydrogen) atoms. The lowest BCUT2D eigenvalue weighted by Crippen LogP contribution is -2.39. The number of benzene rings is 2. The van der Waals surface area contributed by atoms with Gasteiger partial charge in [-0.1, -0.05) is 59.8 Å². The molecule has 3 N–H and O–H groups in total. The number of imide groups is 1. The molecule has 1 unspecified atom stereocenters. The summed E-state index contributed by atoms with van der Waals surface area (Å²) in [5.41, 5.74) is 3.39. The predicted molar refractivity (Wildman–Crippen MR) is 121 cm³/mol. The maximum Gasteiger partial charge on any atom is 0.343 e. The Balaban J connectivity index is 1.58. The van der Waals surface area contributed by atoms with E-state index in [0.29, 0.717) is 23.8 Å². The fraction of sp³-hybridized carbons (Fsp3) is 0.273. The number of hydrogen-bond acceptors (Lipinski definition) is 5. The largest absolute Gasteiger partial charge is 0.343 e. The predicted octanol–water partition coefficient (Wildman–Crippen LogP) is 3.26. The van der Waals surface area contributed by atoms with Crippen LogP contribution in [0.2, 0.25) is 0 Å². The van der Waals surface area contributed by atoms with Gasteiger partial charge in [-0.05, 0) is 44.4 Å². The minimum absolute atomic E-state index is 0.335. The van der Waals surface area contributed by atoms with Gasteiger partial charge in [-0.3, -0.25) is 14.7 Å². The van der Waals surface area contributed by atoms with E-state index in [2.05, 4.69) is 20.8 Å². The summed E-state index contributed by atoms with van der Waals surface area (Å²) in [5, 5.41) is 11.2. The first-order chi connectivity index (χ1) is 14.8. The van der Waals surface area contributed by atoms with Gasteiger partial charge in [0, 0.05) is 12.2 Å². The molecule has 8 nitrogen and oxygen atoms in total. The van der Waals surface area contributed by atoms with Gasteiger partial charge in [-0.15, -0.1) is 5.10 Å². The molecule has 3 aromatic rings. The highest BCUT2D eigenvalue weighted by molar-refractivity contribution is 8.00. The minimum atomic E-state index is -0.629. The average molecular weight is 440 g/mol. The molecule has 0 saturated carbocycles. The van der Waals surface area contributed by atoms with Crippen molar-refractivity contribution in [2.24, 2.45) is 0 Å². The van der Waals surface area contributed by atoms with Crippen LogP contribution in [-0.2, 0) is 17.8 Å². The Hall–Kier alpha value is -3.33. The highest BCUT2D eigenvalue weighted by Crippen LogP contribution is 2.20. The molecule has 9 heteroatoms. The topological polar surface area (TPSA) is 109 Å². The summed E-state index contributed by atoms with van der Waals surface area (Å²) in [4.78, 5) is 36.8. The average Bonchev–Trinajstić information content (AvgIpc) is 3.08. The molecule has 1 heterocycles. The van der Waals surface area contributed by atoms with Crippen molar-refractivity contribution in [1.29, 1.82) is 0 Å². The van der Waals surface area contributed by atoms with Crippen LogP contribution >= 0.6 is 11.8 Å². The summed E-state index contributed by atoms with van der Waals surface area (Å²) >= 11 is 1.12. The summed E-state index contributed by atoms with van der Waals surface area (Å²) in [6, 6.07) is 14.8. The molecule has 0 spiro atoms. The van der Waals surface area contributed by atoms with Gasteiger partial charge in [0.2, 0.25) is 5.91 Å². The lowest BCUT2D eigenvalue weighted by Gasteiger charge is -2.13. The van der Waals surface area contributed by atoms with Crippen LogP contribution in [0.25, 0.3) is 0 Å². The number of nitrogens with one attached hydrogen (secondary N) is 3. The minimum Gasteiger partial charge on any atom is -0.307 e. The number of thioether (sulfide) groups is 1. The molecule has 1 atom stereocenters. The van der Waals surface area contributed by atoms with Gasteiger partial charge in [0.15, 0.2) is 5.16 Å². The van der Waals surface area contributed by atoms with E-state index in [-0.39, 0.29) is 5.69 Å². The van der Waals surface area contributed by atoms with E-state index < -0.39 is 17.2 Å². The molecule has 0 radical (unpaired) electrons. The maximum absolute atomic E-state index is 12.5. The molecule has 3 amide bonds. The van der Waals surface area contributed by atoms with Gasteiger partial charge in [-0.2, -0.15) is 0 Å². The third-order valence-electron chi connectivity index (χ3n) is 4.71. The van der Waals surface area contributed by atoms with Crippen molar-refractivity contribution >= 4 is 29.4 Å². The second-order valence-corrected chi connectivity index (χ2v) is 8.53. The normalized spacial score (nSPS) is 11.7. The van der Waals surface area contributed by atoms with Crippen molar-refractivity contribution in [3.8, 4) is 0 Å². The summed E-state index contributed by atoms with van der Waals surface area (Å²) in [6.07, 6.45) is 0.659. The standard InChI is InChI=1S/C22H25N5O3S/c1-14-9-10-18(15(2)13-14)23-20(29)24-19(28)16(3)31-22-26-25-21(30)27(22)12-11-17-7-5-4-6-8-17/h4-10,13,16H,11-12H2,1-3H3,(H,25,30)(H2,23,24,28,29). The fourth-order valence-corrected chi connectivity index (χ4v) is 3.89. The van der Waals surface area contributed by atoms with Crippen LogP contribution in [0.4, 0.5) is 10.5 Å². The first-order valence-electron chi connectivity index (χ1n) is 9.88. The lowest BCUT2D eigenvalue weighted by molar-refractivity contribution is -0.119. The number of nitrogens with zero attached hydrogens (tertiary/aromatic N) is 2. The van der Waals surface area contributed by atoms with Crippen LogP contribution in [0, 0.1) is 13.8 Å². The van der Waals surface area contributed by atoms with E-state index in [9.17, 15) is 14.4 Å². The fourth-order valence-electron chi connectivity index (χ4n) is 3.01. The van der Waals surface area contributed by atoms with E-state index >= 15 is 0 Å². The smallest absolute Gasteiger partial charge is 0.307 e. The van der Waals surface area contributed by atoms with E-state index in [1.165, 1.54) is 4.57 Å². The Labute approximate surface area is 184 Å². The zero-order chi connectivity index (χ0) is 22.4. The summed E-state index contributed by atoms with van der Waals surface area (Å²) in [6.45, 7) is 5.94. The molecule has 2 aromatic carbocycles. The third kappa shape index (κ3) is 6.08. The molecule has 0 saturated heterocycles. The Kier molecular flexibility index (Phi) is 7.30. The van der Waals surface area contributed by atoms with E-state index in [4.69, 9.17) is 0 Å². The summed E-state index contributed by atoms with van der Waals surface area (Å²) in [5.74, 6) is -0.475. The number of carbonyl (C=O) groups is 2. The highest BCUT2D eigenvalue weighted by atomic mass is 32.2. The van der Waals surface area contributed by atoms with Crippen LogP contribution in [0.5, 0.6) is 0 Å². The van der Waals surface area contributed by atoms with E-state index in [0.717, 1.165) is 28.5 Å². The second kappa shape index (κ2) is 10.1. The first kappa shape index (κ1) is 22.4. The molecule has 3 rings (SSSR count). The number of aromatic nitrogens is 3. The molecule has 0 aliphatic rings. The molecular weight excluding hydrogens is 414 g/mol. The molecule has 0 aliphatic heterocycles. The second-order valence-electron chi connectivity index (χ2n) is 7.22. The highest BCUT2D eigenvalue weighted by Gasteiger charge is 2.21. The van der Waals surface area contributed by atoms with Gasteiger partial charge < -0.3 is 5.32 Å². The molecule has 1 aromatic heterocycles. The quantitative estimate of drug-likeness (QED) is 0.490. The van der Waals surface area contributed by atoms with Crippen molar-refractivity contribution in [2.45, 2.75) is 44.1 Å². The van der Waals surface area contributed by atoms with Crippen LogP contribution in [-0.4, -0.2) is 32.0 Å². The maximum atomic E-state index is 12.5. The van der Waals surface area contributed by atoms with Gasteiger partial charge in [0.05, 0.1) is 5.25 Å². The number of hydrogen-bond donors (Lipinski definition) is 3. The number of aryl methyl sites for hydroxylation is 3. The first-order valence-corrected chi connectivity index (χ1v) is 10.8. The monoisotopic (exact) mass is 439 g/mol. The van der Waals surface area contributed by atoms with Crippen LogP contribution in [0.1, 0.15) is 23.6 Å². The van der Waals surface area contributed by atoms with Crippen LogP contribution in [0.3, 0.4) is 0 Å². The van der Waals surface area contributed by atoms with Gasteiger partial charge >= 0.3 is 11.7 Å². The number of H-pyrrole nitrogens is 1. The van der Waals surface area contributed by atoms with Crippen molar-refractivity contribution in [1.82, 2.24) is 20.1 Å². The van der Waals surface area contributed by atoms with Gasteiger partial charge in [0.25, 0.3) is 0 Å². The van der Waals surface area contributed by atoms with Crippen LogP contribution < -0.4 is 16.3 Å². The summed E-state index contributed by atoms with van der Waals surface area (Å²) in [7, 11) is 0. The van der Waals surface area contributed by atoms with Crippen molar-refractivity contribution < 1.29 is 9.59 Å². The zero-order valence-corrected chi connectivity index (χ0v) is 18.5. The summed E-state index contributed by atoms with van der Waals surface area (Å²) < 4.78 is 1.50. The number of carbonyl (C=O) groups excluding carboxylic acids is 2. The number of aromatic amines is 1. The van der Waals surface area contributed by atoms with E-state index in [1.807, 2.05) is 56.3 Å². The molecule has 162 valence electrons. The molecule has 0 bridgehead atoms. The zero-order valence-electron chi connectivity index (χ0n) is 17.6. The Morgan fingerprint density at radius 3 is 2.61 bits per heavy atom. The third-order valence-corrected chi connectivity index (χ3v) is 5.80. The Morgan fingerprint density at radius 1 is 1.16 bits per heavy atom. The van der Waals surface area contributed by atoms with Crippen molar-refractivity contribution in [2.75, 3.05) is 5.32 Å². The Bertz CT molecular complexity index is 1120. The number of rotatable bonds is 7. The molecular formula is C22H25N5O3S. The number of anilines is 1. The SMILES string of the molecule is Cc1ccc(NC(=O)NC(=O)C(C)Sc2n[nH]c(=O)n2CCc2ccccc2)c(C)c1.